The maximum absolute atomic E-state index is 4.19. The van der Waals surface area contributed by atoms with Crippen LogP contribution in [0, 0.1) is 6.92 Å². The number of hydrogen-bond donors (Lipinski definition) is 0. The van der Waals surface area contributed by atoms with Crippen LogP contribution >= 0.6 is 0 Å². The van der Waals surface area contributed by atoms with E-state index in [2.05, 4.69) is 17.0 Å². The highest BCUT2D eigenvalue weighted by Crippen LogP contribution is 2.05. The molecule has 0 bridgehead atoms. The van der Waals surface area contributed by atoms with Gasteiger partial charge in [-0.05, 0) is 31.0 Å². The Balaban J connectivity index is 2.36. The predicted octanol–water partition coefficient (Wildman–Crippen LogP) is 1.64. The van der Waals surface area contributed by atoms with Gasteiger partial charge < -0.3 is 0 Å². The molecule has 0 aliphatic heterocycles. The molecule has 2 aromatic rings. The molecule has 0 unspecified atom stereocenters. The van der Waals surface area contributed by atoms with Crippen LogP contribution in [0.3, 0.4) is 0 Å². The SMILES string of the molecule is [CH2]Cc1cnn(-c2cccnc2)c1. The van der Waals surface area contributed by atoms with Crippen LogP contribution in [-0.4, -0.2) is 14.8 Å². The maximum Gasteiger partial charge on any atom is 0.0828 e. The molecule has 0 N–H and O–H groups in total. The molecular formula is C10H10N3. The Bertz CT molecular complexity index is 378. The fraction of sp³-hybridized carbons (Fsp3) is 0.100. The summed E-state index contributed by atoms with van der Waals surface area (Å²) in [6.07, 6.45) is 8.07. The molecule has 2 heterocycles. The molecule has 0 spiro atoms. The van der Waals surface area contributed by atoms with Crippen molar-refractivity contribution >= 4 is 0 Å². The zero-order valence-corrected chi connectivity index (χ0v) is 7.22. The predicted molar refractivity (Wildman–Crippen MR) is 50.4 cm³/mol. The Morgan fingerprint density at radius 2 is 2.31 bits per heavy atom. The third-order valence-corrected chi connectivity index (χ3v) is 1.84. The molecule has 2 rings (SSSR count). The van der Waals surface area contributed by atoms with E-state index in [-0.39, 0.29) is 0 Å². The molecule has 0 atom stereocenters. The van der Waals surface area contributed by atoms with Crippen molar-refractivity contribution in [3.63, 3.8) is 0 Å². The van der Waals surface area contributed by atoms with Gasteiger partial charge in [-0.3, -0.25) is 4.98 Å². The Labute approximate surface area is 77.0 Å². The molecule has 2 aromatic heterocycles. The first-order valence-electron chi connectivity index (χ1n) is 4.13. The molecule has 3 nitrogen and oxygen atoms in total. The van der Waals surface area contributed by atoms with Gasteiger partial charge in [0.15, 0.2) is 0 Å². The lowest BCUT2D eigenvalue weighted by atomic mass is 10.3. The quantitative estimate of drug-likeness (QED) is 0.689. The largest absolute Gasteiger partial charge is 0.262 e. The van der Waals surface area contributed by atoms with E-state index in [9.17, 15) is 0 Å². The average Bonchev–Trinajstić information content (AvgIpc) is 2.67. The third-order valence-electron chi connectivity index (χ3n) is 1.84. The summed E-state index contributed by atoms with van der Waals surface area (Å²) < 4.78 is 1.80. The second kappa shape index (κ2) is 3.39. The van der Waals surface area contributed by atoms with E-state index in [1.54, 1.807) is 17.1 Å². The maximum atomic E-state index is 4.19. The molecular weight excluding hydrogens is 162 g/mol. The van der Waals surface area contributed by atoms with Crippen molar-refractivity contribution in [3.8, 4) is 5.69 Å². The minimum Gasteiger partial charge on any atom is -0.262 e. The summed E-state index contributed by atoms with van der Waals surface area (Å²) in [5.74, 6) is 0. The first-order chi connectivity index (χ1) is 6.40. The van der Waals surface area contributed by atoms with Gasteiger partial charge >= 0.3 is 0 Å². The van der Waals surface area contributed by atoms with Gasteiger partial charge in [-0.15, -0.1) is 0 Å². The molecule has 0 fully saturated rings. The zero-order chi connectivity index (χ0) is 9.10. The second-order valence-corrected chi connectivity index (χ2v) is 2.75. The van der Waals surface area contributed by atoms with E-state index in [1.165, 1.54) is 0 Å². The third kappa shape index (κ3) is 1.59. The molecule has 65 valence electrons. The van der Waals surface area contributed by atoms with E-state index < -0.39 is 0 Å². The summed E-state index contributed by atoms with van der Waals surface area (Å²) in [5.41, 5.74) is 2.10. The zero-order valence-electron chi connectivity index (χ0n) is 7.22. The highest BCUT2D eigenvalue weighted by molar-refractivity contribution is 5.27. The highest BCUT2D eigenvalue weighted by Gasteiger charge is 1.97. The molecule has 0 saturated carbocycles. The number of nitrogens with zero attached hydrogens (tertiary/aromatic N) is 3. The number of hydrogen-bond acceptors (Lipinski definition) is 2. The van der Waals surface area contributed by atoms with Crippen LogP contribution in [0.4, 0.5) is 0 Å². The molecule has 0 aromatic carbocycles. The fourth-order valence-electron chi connectivity index (χ4n) is 1.12. The van der Waals surface area contributed by atoms with Crippen molar-refractivity contribution < 1.29 is 0 Å². The first kappa shape index (κ1) is 7.98. The van der Waals surface area contributed by atoms with E-state index in [0.717, 1.165) is 17.7 Å². The molecule has 0 saturated heterocycles. The summed E-state index contributed by atoms with van der Waals surface area (Å²) in [6, 6.07) is 3.85. The van der Waals surface area contributed by atoms with E-state index in [4.69, 9.17) is 0 Å². The lowest BCUT2D eigenvalue weighted by Gasteiger charge is -1.97. The normalized spacial score (nSPS) is 10.2. The summed E-state index contributed by atoms with van der Waals surface area (Å²) >= 11 is 0. The Hall–Kier alpha value is -1.64. The minimum absolute atomic E-state index is 0.764. The molecule has 13 heavy (non-hydrogen) atoms. The summed E-state index contributed by atoms with van der Waals surface area (Å²) in [6.45, 7) is 3.79. The van der Waals surface area contributed by atoms with Gasteiger partial charge in [-0.1, -0.05) is 0 Å². The van der Waals surface area contributed by atoms with Gasteiger partial charge in [-0.25, -0.2) is 4.68 Å². The molecule has 3 heteroatoms. The van der Waals surface area contributed by atoms with Crippen molar-refractivity contribution in [2.24, 2.45) is 0 Å². The van der Waals surface area contributed by atoms with E-state index in [1.807, 2.05) is 24.5 Å². The topological polar surface area (TPSA) is 30.7 Å². The average molecular weight is 172 g/mol. The van der Waals surface area contributed by atoms with Gasteiger partial charge in [0.2, 0.25) is 0 Å². The van der Waals surface area contributed by atoms with E-state index >= 15 is 0 Å². The van der Waals surface area contributed by atoms with Crippen LogP contribution in [0.2, 0.25) is 0 Å². The van der Waals surface area contributed by atoms with Gasteiger partial charge in [-0.2, -0.15) is 5.10 Å². The van der Waals surface area contributed by atoms with Crippen LogP contribution in [0.5, 0.6) is 0 Å². The second-order valence-electron chi connectivity index (χ2n) is 2.75. The lowest BCUT2D eigenvalue weighted by molar-refractivity contribution is 0.873. The van der Waals surface area contributed by atoms with E-state index in [0.29, 0.717) is 0 Å². The van der Waals surface area contributed by atoms with Crippen LogP contribution in [0.1, 0.15) is 5.56 Å². The van der Waals surface area contributed by atoms with Crippen LogP contribution in [0.15, 0.2) is 36.9 Å². The summed E-state index contributed by atoms with van der Waals surface area (Å²) in [7, 11) is 0. The Morgan fingerprint density at radius 1 is 1.38 bits per heavy atom. The van der Waals surface area contributed by atoms with Crippen molar-refractivity contribution in [1.29, 1.82) is 0 Å². The van der Waals surface area contributed by atoms with Gasteiger partial charge in [0.1, 0.15) is 0 Å². The van der Waals surface area contributed by atoms with Crippen molar-refractivity contribution in [2.45, 2.75) is 6.42 Å². The number of pyridine rings is 1. The standard InChI is InChI=1S/C10H10N3/c1-2-9-6-12-13(8-9)10-4-3-5-11-7-10/h3-8H,1-2H2. The molecule has 0 aliphatic carbocycles. The lowest BCUT2D eigenvalue weighted by Crippen LogP contribution is -1.93. The Morgan fingerprint density at radius 3 is 2.92 bits per heavy atom. The van der Waals surface area contributed by atoms with Gasteiger partial charge in [0, 0.05) is 12.4 Å². The fourth-order valence-corrected chi connectivity index (χ4v) is 1.12. The van der Waals surface area contributed by atoms with Gasteiger partial charge in [0.25, 0.3) is 0 Å². The van der Waals surface area contributed by atoms with Crippen LogP contribution < -0.4 is 0 Å². The monoisotopic (exact) mass is 172 g/mol. The van der Waals surface area contributed by atoms with Crippen LogP contribution in [-0.2, 0) is 6.42 Å². The van der Waals surface area contributed by atoms with Gasteiger partial charge in [0.05, 0.1) is 18.1 Å². The molecule has 0 aliphatic rings. The highest BCUT2D eigenvalue weighted by atomic mass is 15.3. The van der Waals surface area contributed by atoms with Crippen molar-refractivity contribution in [2.75, 3.05) is 0 Å². The molecule has 0 amide bonds. The van der Waals surface area contributed by atoms with Crippen molar-refractivity contribution in [1.82, 2.24) is 14.8 Å². The smallest absolute Gasteiger partial charge is 0.0828 e. The number of aromatic nitrogens is 3. The van der Waals surface area contributed by atoms with Crippen LogP contribution in [0.25, 0.3) is 5.69 Å². The first-order valence-corrected chi connectivity index (χ1v) is 4.13. The minimum atomic E-state index is 0.764. The summed E-state index contributed by atoms with van der Waals surface area (Å²) in [5, 5.41) is 4.19. The molecule has 1 radical (unpaired) electrons. The van der Waals surface area contributed by atoms with Crippen molar-refractivity contribution in [3.05, 3.63) is 49.4 Å². The summed E-state index contributed by atoms with van der Waals surface area (Å²) in [4.78, 5) is 4.02. The number of rotatable bonds is 2. The Kier molecular flexibility index (Phi) is 2.08.